The van der Waals surface area contributed by atoms with E-state index in [2.05, 4.69) is 20.2 Å². The molecule has 0 radical (unpaired) electrons. The molecule has 1 N–H and O–H groups in total. The minimum Gasteiger partial charge on any atom is -0.474 e. The number of amides is 3. The van der Waals surface area contributed by atoms with Gasteiger partial charge < -0.3 is 29.3 Å². The molecule has 0 saturated carbocycles. The van der Waals surface area contributed by atoms with Gasteiger partial charge in [0.1, 0.15) is 34.5 Å². The van der Waals surface area contributed by atoms with Crippen molar-refractivity contribution < 1.29 is 28.6 Å². The van der Waals surface area contributed by atoms with E-state index in [4.69, 9.17) is 25.8 Å². The second kappa shape index (κ2) is 9.99. The Labute approximate surface area is 237 Å². The van der Waals surface area contributed by atoms with Crippen LogP contribution in [0.2, 0.25) is 5.15 Å². The van der Waals surface area contributed by atoms with E-state index in [0.717, 1.165) is 10.6 Å². The molecule has 0 spiro atoms. The van der Waals surface area contributed by atoms with Gasteiger partial charge in [-0.2, -0.15) is 4.98 Å². The summed E-state index contributed by atoms with van der Waals surface area (Å²) in [5.41, 5.74) is 0.533. The molecular weight excluding hydrogens is 540 g/mol. The minimum absolute atomic E-state index is 0.0328. The van der Waals surface area contributed by atoms with Crippen LogP contribution in [-0.2, 0) is 16.0 Å². The maximum Gasteiger partial charge on any atom is 0.417 e. The van der Waals surface area contributed by atoms with Crippen LogP contribution in [0, 0.1) is 0 Å². The fourth-order valence-corrected chi connectivity index (χ4v) is 4.99. The number of fused-ring (bicyclic) bond motifs is 4. The summed E-state index contributed by atoms with van der Waals surface area (Å²) in [5, 5.41) is 3.27. The van der Waals surface area contributed by atoms with Gasteiger partial charge in [0.25, 0.3) is 5.91 Å². The Morgan fingerprint density at radius 3 is 2.48 bits per heavy atom. The summed E-state index contributed by atoms with van der Waals surface area (Å²) in [4.78, 5) is 52.2. The van der Waals surface area contributed by atoms with Gasteiger partial charge in [-0.3, -0.25) is 4.79 Å². The first-order valence-corrected chi connectivity index (χ1v) is 13.5. The van der Waals surface area contributed by atoms with E-state index < -0.39 is 23.2 Å². The lowest BCUT2D eigenvalue weighted by Gasteiger charge is -2.45. The monoisotopic (exact) mass is 572 g/mol. The van der Waals surface area contributed by atoms with Gasteiger partial charge in [-0.25, -0.2) is 19.5 Å². The zero-order valence-electron chi connectivity index (χ0n) is 23.4. The molecule has 2 aromatic heterocycles. The van der Waals surface area contributed by atoms with Gasteiger partial charge in [-0.15, -0.1) is 0 Å². The van der Waals surface area contributed by atoms with Crippen LogP contribution in [0.4, 0.5) is 26.8 Å². The Kier molecular flexibility index (Phi) is 6.93. The van der Waals surface area contributed by atoms with E-state index in [0.29, 0.717) is 49.2 Å². The molecule has 12 nitrogen and oxygen atoms in total. The van der Waals surface area contributed by atoms with Gasteiger partial charge in [0.15, 0.2) is 0 Å². The lowest BCUT2D eigenvalue weighted by molar-refractivity contribution is 0.0191. The number of nitrogens with zero attached hydrogens (tertiary/aromatic N) is 5. The van der Waals surface area contributed by atoms with Crippen LogP contribution in [0.5, 0.6) is 5.88 Å². The van der Waals surface area contributed by atoms with E-state index in [-0.39, 0.29) is 29.4 Å². The molecule has 0 aliphatic carbocycles. The van der Waals surface area contributed by atoms with E-state index in [1.165, 1.54) is 6.20 Å². The second-order valence-electron chi connectivity index (χ2n) is 11.9. The van der Waals surface area contributed by atoms with Gasteiger partial charge in [0.2, 0.25) is 5.88 Å². The largest absolute Gasteiger partial charge is 0.474 e. The topological polar surface area (TPSA) is 126 Å². The SMILES string of the molecule is CC(C)(C)OC(=O)N1CCN2c3ccc(Nc4cnc(Cl)c5c4C(=O)N(C(=O)OC(C)(C)C)C5)nc3OCC2C1. The number of piperazine rings is 1. The Bertz CT molecular complexity index is 1370. The number of carbonyl (C=O) groups excluding carboxylic acids is 3. The highest BCUT2D eigenvalue weighted by atomic mass is 35.5. The smallest absolute Gasteiger partial charge is 0.417 e. The van der Waals surface area contributed by atoms with Gasteiger partial charge >= 0.3 is 12.2 Å². The van der Waals surface area contributed by atoms with Gasteiger partial charge in [-0.05, 0) is 53.7 Å². The van der Waals surface area contributed by atoms with Crippen molar-refractivity contribution in [2.75, 3.05) is 36.5 Å². The fraction of sp³-hybridized carbons (Fsp3) is 0.519. The fourth-order valence-electron chi connectivity index (χ4n) is 4.79. The van der Waals surface area contributed by atoms with Crippen LogP contribution in [0.25, 0.3) is 0 Å². The third kappa shape index (κ3) is 5.58. The van der Waals surface area contributed by atoms with Crippen LogP contribution in [0.3, 0.4) is 0 Å². The van der Waals surface area contributed by atoms with Crippen molar-refractivity contribution in [3.05, 3.63) is 34.6 Å². The number of hydrogen-bond acceptors (Lipinski definition) is 10. The molecule has 1 unspecified atom stereocenters. The van der Waals surface area contributed by atoms with Gasteiger partial charge in [-0.1, -0.05) is 11.6 Å². The molecule has 3 amide bonds. The Hall–Kier alpha value is -3.80. The average Bonchev–Trinajstić information content (AvgIpc) is 3.21. The number of carbonyl (C=O) groups is 3. The molecule has 3 aliphatic heterocycles. The third-order valence-corrected chi connectivity index (χ3v) is 6.80. The number of anilines is 3. The van der Waals surface area contributed by atoms with Crippen LogP contribution < -0.4 is 15.0 Å². The van der Waals surface area contributed by atoms with E-state index in [1.807, 2.05) is 26.8 Å². The maximum atomic E-state index is 13.2. The highest BCUT2D eigenvalue weighted by molar-refractivity contribution is 6.31. The van der Waals surface area contributed by atoms with Crippen molar-refractivity contribution in [1.29, 1.82) is 0 Å². The predicted octanol–water partition coefficient (Wildman–Crippen LogP) is 4.58. The summed E-state index contributed by atoms with van der Waals surface area (Å²) < 4.78 is 16.9. The molecule has 0 aromatic carbocycles. The van der Waals surface area contributed by atoms with Crippen molar-refractivity contribution in [2.24, 2.45) is 0 Å². The quantitative estimate of drug-likeness (QED) is 0.511. The molecule has 1 fully saturated rings. The molecule has 1 atom stereocenters. The second-order valence-corrected chi connectivity index (χ2v) is 12.3. The number of nitrogens with one attached hydrogen (secondary N) is 1. The standard InChI is InChI=1S/C27H33ClN6O6/c1-26(2,3)39-24(36)32-9-10-33-15(12-32)14-38-22-18(33)7-8-19(31-22)30-17-11-29-21(28)16-13-34(23(35)20(16)17)25(37)40-27(4,5)6/h7-8,11,15H,9-10,12-14H2,1-6H3,(H,30,31). The summed E-state index contributed by atoms with van der Waals surface area (Å²) >= 11 is 6.29. The Morgan fingerprint density at radius 1 is 1.07 bits per heavy atom. The van der Waals surface area contributed by atoms with Crippen molar-refractivity contribution in [3.63, 3.8) is 0 Å². The lowest BCUT2D eigenvalue weighted by Crippen LogP contribution is -2.59. The molecule has 13 heteroatoms. The number of imide groups is 1. The molecule has 0 bridgehead atoms. The third-order valence-electron chi connectivity index (χ3n) is 6.48. The normalized spacial score (nSPS) is 18.4. The Balaban J connectivity index is 1.32. The van der Waals surface area contributed by atoms with Crippen molar-refractivity contribution >= 4 is 46.9 Å². The Morgan fingerprint density at radius 2 is 1.77 bits per heavy atom. The first-order valence-electron chi connectivity index (χ1n) is 13.1. The number of halogens is 1. The number of ether oxygens (including phenoxy) is 3. The van der Waals surface area contributed by atoms with Crippen LogP contribution in [-0.4, -0.2) is 81.3 Å². The van der Waals surface area contributed by atoms with Gasteiger partial charge in [0.05, 0.1) is 30.0 Å². The van der Waals surface area contributed by atoms with Crippen LogP contribution in [0.15, 0.2) is 18.3 Å². The summed E-state index contributed by atoms with van der Waals surface area (Å²) in [6.45, 7) is 12.6. The molecular formula is C27H33ClN6O6. The highest BCUT2D eigenvalue weighted by Crippen LogP contribution is 2.38. The predicted molar refractivity (Wildman–Crippen MR) is 147 cm³/mol. The van der Waals surface area contributed by atoms with E-state index in [1.54, 1.807) is 31.7 Å². The summed E-state index contributed by atoms with van der Waals surface area (Å²) in [5.74, 6) is 0.336. The molecule has 5 rings (SSSR count). The number of rotatable bonds is 2. The summed E-state index contributed by atoms with van der Waals surface area (Å²) in [6.07, 6.45) is 0.350. The highest BCUT2D eigenvalue weighted by Gasteiger charge is 2.39. The molecule has 1 saturated heterocycles. The van der Waals surface area contributed by atoms with E-state index in [9.17, 15) is 14.4 Å². The number of pyridine rings is 2. The lowest BCUT2D eigenvalue weighted by atomic mass is 10.1. The minimum atomic E-state index is -0.760. The zero-order valence-corrected chi connectivity index (χ0v) is 24.2. The maximum absolute atomic E-state index is 13.2. The first-order chi connectivity index (χ1) is 18.7. The van der Waals surface area contributed by atoms with E-state index >= 15 is 0 Å². The molecule has 214 valence electrons. The van der Waals surface area contributed by atoms with Gasteiger partial charge in [0, 0.05) is 25.2 Å². The molecule has 2 aromatic rings. The first kappa shape index (κ1) is 27.8. The summed E-state index contributed by atoms with van der Waals surface area (Å²) in [6, 6.07) is 3.63. The van der Waals surface area contributed by atoms with Crippen molar-refractivity contribution in [2.45, 2.75) is 65.3 Å². The molecule has 5 heterocycles. The van der Waals surface area contributed by atoms with Crippen molar-refractivity contribution in [3.8, 4) is 5.88 Å². The zero-order chi connectivity index (χ0) is 29.0. The summed E-state index contributed by atoms with van der Waals surface area (Å²) in [7, 11) is 0. The number of aromatic nitrogens is 2. The molecule has 40 heavy (non-hydrogen) atoms. The van der Waals surface area contributed by atoms with Crippen LogP contribution >= 0.6 is 11.6 Å². The van der Waals surface area contributed by atoms with Crippen molar-refractivity contribution in [1.82, 2.24) is 19.8 Å². The molecule has 3 aliphatic rings. The van der Waals surface area contributed by atoms with Crippen LogP contribution in [0.1, 0.15) is 57.5 Å². The number of hydrogen-bond donors (Lipinski definition) is 1. The average molecular weight is 573 g/mol.